The number of nitrogens with zero attached hydrogens (tertiary/aromatic N) is 15. The van der Waals surface area contributed by atoms with Crippen molar-refractivity contribution in [1.82, 2.24) is 58.6 Å². The standard InChI is InChI=1S/3C21H26N7O15P3/c3*1-11(13-5-4-12(3-2-6-22)7-14(13)28(30)31)40-20-18-19(25-21(23)26-20)27(10-24-18)17-8-15(29)16(41-17)9-39-45(35,36)43-46(37,38)42-44(32,33)34/h3*4-5,7,10-11,15-17,29H,6,8-9,22H2,1H3,(H,35,36)(H,37,38)(H2,23,25,26)(H2,32,33,34)/t11?,15-,16-,17-;11-,15+,16+,17+;11-,15-,16-,17-/m101/s1. The Morgan fingerprint density at radius 2 is 0.638 bits per heavy atom. The summed E-state index contributed by atoms with van der Waals surface area (Å²) < 4.78 is 177. The van der Waals surface area contributed by atoms with Gasteiger partial charge in [-0.1, -0.05) is 35.5 Å². The summed E-state index contributed by atoms with van der Waals surface area (Å²) >= 11 is 0. The molecule has 0 saturated carbocycles. The average molecular weight is 2130 g/mol. The highest BCUT2D eigenvalue weighted by atomic mass is 31.3. The number of benzene rings is 3. The van der Waals surface area contributed by atoms with E-state index in [-0.39, 0.29) is 142 Å². The molecule has 0 spiro atoms. The maximum atomic E-state index is 12.0. The Labute approximate surface area is 769 Å². The Morgan fingerprint density at radius 3 is 0.855 bits per heavy atom. The molecule has 3 aliphatic heterocycles. The predicted molar refractivity (Wildman–Crippen MR) is 456 cm³/mol. The van der Waals surface area contributed by atoms with Crippen LogP contribution in [0.15, 0.2) is 73.6 Å². The third-order valence-corrected chi connectivity index (χ3v) is 29.5. The highest BCUT2D eigenvalue weighted by molar-refractivity contribution is 7.68. The second kappa shape index (κ2) is 44.8. The molecule has 138 heavy (non-hydrogen) atoms. The van der Waals surface area contributed by atoms with E-state index in [2.05, 4.69) is 120 Å². The molecule has 0 radical (unpaired) electrons. The molecule has 75 heteroatoms. The van der Waals surface area contributed by atoms with Crippen LogP contribution in [0.1, 0.15) is 110 Å². The van der Waals surface area contributed by atoms with E-state index in [0.717, 1.165) is 0 Å². The van der Waals surface area contributed by atoms with Gasteiger partial charge in [0, 0.05) is 54.2 Å². The predicted octanol–water partition coefficient (Wildman–Crippen LogP) is 2.28. The smallest absolute Gasteiger partial charge is 0.468 e. The lowest BCUT2D eigenvalue weighted by Crippen LogP contribution is -2.26. The number of anilines is 3. The number of aromatic nitrogens is 12. The van der Waals surface area contributed by atoms with Crippen LogP contribution in [-0.4, -0.2) is 223 Å². The number of phosphoric ester groups is 3. The number of nitro groups is 3. The molecule has 9 aromatic rings. The van der Waals surface area contributed by atoms with Crippen molar-refractivity contribution in [3.8, 4) is 53.2 Å². The minimum absolute atomic E-state index is 0.0577. The van der Waals surface area contributed by atoms with Gasteiger partial charge in [0.2, 0.25) is 35.5 Å². The van der Waals surface area contributed by atoms with Gasteiger partial charge in [0.25, 0.3) is 17.1 Å². The zero-order valence-electron chi connectivity index (χ0n) is 69.9. The quantitative estimate of drug-likeness (QED) is 0.0116. The van der Waals surface area contributed by atoms with Gasteiger partial charge in [-0.25, -0.2) is 56.0 Å². The fourth-order valence-electron chi connectivity index (χ4n) is 12.6. The Morgan fingerprint density at radius 1 is 0.399 bits per heavy atom. The van der Waals surface area contributed by atoms with Crippen molar-refractivity contribution >= 4 is 139 Å². The summed E-state index contributed by atoms with van der Waals surface area (Å²) in [7, 11) is -50.4. The van der Waals surface area contributed by atoms with Crippen molar-refractivity contribution in [3.63, 3.8) is 0 Å². The fraction of sp³-hybridized carbons (Fsp3) is 0.381. The Balaban J connectivity index is 0.000000214. The van der Waals surface area contributed by atoms with E-state index < -0.39 is 179 Å². The summed E-state index contributed by atoms with van der Waals surface area (Å²) in [6.45, 7) is 2.13. The Bertz CT molecular complexity index is 6150. The first-order valence-electron chi connectivity index (χ1n) is 37.9. The SMILES string of the molecule is CC(Oc1nc(N)nc2c1ncn2[C@H]1C[C@@H](O)[C@@H](COP(=O)(O)OP(=O)(O)OP(=O)(O)O)O1)c1ccc(C#CCN)cc1[N+](=O)[O-].C[C@@H](Oc1nc(N)nc2c1ncn2[C@H]1C[C@@H](O)[C@@H](COP(=O)(O)OP(=O)(O)OP(=O)(O)O)O1)c1ccc(C#CCN)cc1[N+](=O)[O-].C[C@H](Oc1nc(N)nc2c1ncn2[C@H]1C[C@@H](O)[C@@H](COP(=O)(O)OP(=O)(O)OP(=O)(O)O)O1)c1ccc(C#CCN)cc1[N+](=O)[O-]. The molecule has 66 nitrogen and oxygen atoms in total. The Kier molecular flexibility index (Phi) is 35.6. The summed E-state index contributed by atoms with van der Waals surface area (Å²) in [6, 6.07) is 12.9. The van der Waals surface area contributed by atoms with Crippen molar-refractivity contribution in [2.75, 3.05) is 56.7 Å². The number of fused-ring (bicyclic) bond motifs is 3. The number of nitrogen functional groups attached to an aromatic ring is 3. The Hall–Kier alpha value is -10.1. The van der Waals surface area contributed by atoms with Gasteiger partial charge < -0.3 is 137 Å². The van der Waals surface area contributed by atoms with E-state index in [1.165, 1.54) is 89.9 Å². The highest BCUT2D eigenvalue weighted by Crippen LogP contribution is 2.69. The van der Waals surface area contributed by atoms with Crippen molar-refractivity contribution in [3.05, 3.63) is 137 Å². The van der Waals surface area contributed by atoms with Crippen molar-refractivity contribution < 1.29 is 198 Å². The van der Waals surface area contributed by atoms with Crippen LogP contribution in [0.5, 0.6) is 17.6 Å². The molecule has 3 aromatic carbocycles. The van der Waals surface area contributed by atoms with E-state index in [1.54, 1.807) is 18.2 Å². The molecule has 27 N–H and O–H groups in total. The summed E-state index contributed by atoms with van der Waals surface area (Å²) in [5.41, 5.74) is 35.0. The monoisotopic (exact) mass is 2130 g/mol. The fourth-order valence-corrected chi connectivity index (χ4v) is 21.7. The van der Waals surface area contributed by atoms with Crippen LogP contribution < -0.4 is 48.6 Å². The number of nitro benzene ring substituents is 3. The number of hydrogen-bond acceptors (Lipinski definition) is 48. The lowest BCUT2D eigenvalue weighted by molar-refractivity contribution is -0.386. The van der Waals surface area contributed by atoms with Gasteiger partial charge in [-0.2, -0.15) is 55.8 Å². The number of hydrogen-bond donors (Lipinski definition) is 21. The molecule has 18 atom stereocenters. The van der Waals surface area contributed by atoms with Crippen molar-refractivity contribution in [1.29, 1.82) is 0 Å². The zero-order chi connectivity index (χ0) is 102. The van der Waals surface area contributed by atoms with Crippen LogP contribution >= 0.6 is 70.4 Å². The van der Waals surface area contributed by atoms with Gasteiger partial charge in [0.15, 0.2) is 33.5 Å². The van der Waals surface area contributed by atoms with Gasteiger partial charge in [-0.15, -0.1) is 0 Å². The summed E-state index contributed by atoms with van der Waals surface area (Å²) in [5, 5.41) is 66.7. The molecular weight excluding hydrogens is 2050 g/mol. The minimum atomic E-state index is -5.74. The first-order valence-corrected chi connectivity index (χ1v) is 51.5. The number of aliphatic hydroxyl groups is 3. The maximum Gasteiger partial charge on any atom is 0.490 e. The minimum Gasteiger partial charge on any atom is -0.468 e. The highest BCUT2D eigenvalue weighted by Gasteiger charge is 2.48. The number of imidazole rings is 3. The maximum absolute atomic E-state index is 12.0. The van der Waals surface area contributed by atoms with Crippen LogP contribution in [0.4, 0.5) is 34.9 Å². The number of aliphatic hydroxyl groups excluding tert-OH is 3. The van der Waals surface area contributed by atoms with E-state index >= 15 is 0 Å². The third-order valence-electron chi connectivity index (χ3n) is 18.1. The topological polar surface area (TPSA) is 1010 Å². The molecule has 3 fully saturated rings. The molecule has 0 amide bonds. The molecule has 3 aliphatic rings. The van der Waals surface area contributed by atoms with Crippen molar-refractivity contribution in [2.24, 2.45) is 17.2 Å². The van der Waals surface area contributed by atoms with Crippen LogP contribution in [-0.2, 0) is 94.7 Å². The van der Waals surface area contributed by atoms with E-state index in [9.17, 15) is 116 Å². The van der Waals surface area contributed by atoms with Gasteiger partial charge in [0.05, 0.1) is 108 Å². The first-order chi connectivity index (χ1) is 64.1. The third kappa shape index (κ3) is 30.4. The molecule has 0 aliphatic carbocycles. The molecule has 0 bridgehead atoms. The van der Waals surface area contributed by atoms with Crippen molar-refractivity contribution in [2.45, 2.75) is 114 Å². The number of nitrogens with two attached hydrogens (primary N) is 6. The van der Waals surface area contributed by atoms with Gasteiger partial charge >= 0.3 is 70.4 Å². The lowest BCUT2D eigenvalue weighted by Gasteiger charge is -2.19. The molecule has 12 rings (SSSR count). The average Bonchev–Trinajstić information content (AvgIpc) is 1.63. The number of rotatable bonds is 36. The second-order valence-corrected chi connectivity index (χ2v) is 41.2. The number of phosphoric acid groups is 9. The summed E-state index contributed by atoms with van der Waals surface area (Å²) in [5.74, 6) is 14.8. The molecule has 3 saturated heterocycles. The summed E-state index contributed by atoms with van der Waals surface area (Å²) in [6.07, 6.45) is -10.7. The molecule has 9 heterocycles. The van der Waals surface area contributed by atoms with Gasteiger partial charge in [0.1, 0.15) is 55.3 Å². The molecule has 750 valence electrons. The van der Waals surface area contributed by atoms with E-state index in [1.807, 2.05) is 0 Å². The van der Waals surface area contributed by atoms with Crippen LogP contribution in [0.25, 0.3) is 33.5 Å². The van der Waals surface area contributed by atoms with E-state index in [4.69, 9.17) is 92.2 Å². The van der Waals surface area contributed by atoms with E-state index in [0.29, 0.717) is 16.7 Å². The molecular formula is C63H78N21O45P9. The zero-order valence-corrected chi connectivity index (χ0v) is 77.9. The number of ether oxygens (including phenoxy) is 6. The van der Waals surface area contributed by atoms with Crippen LogP contribution in [0.3, 0.4) is 0 Å². The van der Waals surface area contributed by atoms with Crippen LogP contribution in [0.2, 0.25) is 0 Å². The normalized spacial score (nSPS) is 21.6. The molecule has 7 unspecified atom stereocenters. The first kappa shape index (κ1) is 110. The summed E-state index contributed by atoms with van der Waals surface area (Å²) in [4.78, 5) is 179. The van der Waals surface area contributed by atoms with Gasteiger partial charge in [-0.3, -0.25) is 57.6 Å². The molecule has 6 aromatic heterocycles. The van der Waals surface area contributed by atoms with Crippen LogP contribution in [0, 0.1) is 65.9 Å². The largest absolute Gasteiger partial charge is 0.490 e. The second-order valence-electron chi connectivity index (χ2n) is 28.0. The van der Waals surface area contributed by atoms with Gasteiger partial charge in [-0.05, 0) is 57.2 Å². The lowest BCUT2D eigenvalue weighted by atomic mass is 10.1.